The number of rotatable bonds is 8. The van der Waals surface area contributed by atoms with Gasteiger partial charge >= 0.3 is 0 Å². The van der Waals surface area contributed by atoms with Gasteiger partial charge in [-0.3, -0.25) is 4.79 Å². The zero-order valence-electron chi connectivity index (χ0n) is 18.7. The summed E-state index contributed by atoms with van der Waals surface area (Å²) < 4.78 is 22.0. The van der Waals surface area contributed by atoms with E-state index in [1.165, 1.54) is 7.11 Å². The average Bonchev–Trinajstić information content (AvgIpc) is 3.59. The lowest BCUT2D eigenvalue weighted by atomic mass is 10.1. The van der Waals surface area contributed by atoms with Crippen molar-refractivity contribution in [1.29, 1.82) is 0 Å². The fourth-order valence-electron chi connectivity index (χ4n) is 4.33. The highest BCUT2D eigenvalue weighted by Gasteiger charge is 2.28. The molecule has 8 nitrogen and oxygen atoms in total. The van der Waals surface area contributed by atoms with E-state index in [4.69, 9.17) is 18.7 Å². The molecule has 0 aliphatic carbocycles. The number of nitrogens with zero attached hydrogens (tertiary/aromatic N) is 3. The Labute approximate surface area is 192 Å². The fourth-order valence-corrected chi connectivity index (χ4v) is 4.33. The summed E-state index contributed by atoms with van der Waals surface area (Å²) in [7, 11) is 1.53. The third-order valence-corrected chi connectivity index (χ3v) is 5.99. The number of carbonyl (C=O) groups excluding carboxylic acids is 1. The Hall–Kier alpha value is -3.52. The molecule has 0 bridgehead atoms. The van der Waals surface area contributed by atoms with Crippen LogP contribution in [0.2, 0.25) is 0 Å². The van der Waals surface area contributed by atoms with Crippen LogP contribution in [0.15, 0.2) is 53.1 Å². The third kappa shape index (κ3) is 4.52. The maximum atomic E-state index is 13.1. The van der Waals surface area contributed by atoms with E-state index in [9.17, 15) is 4.79 Å². The monoisotopic (exact) mass is 449 g/mol. The van der Waals surface area contributed by atoms with Crippen LogP contribution in [0.4, 0.5) is 5.88 Å². The number of fused-ring (bicyclic) bond motifs is 1. The second kappa shape index (κ2) is 9.54. The summed E-state index contributed by atoms with van der Waals surface area (Å²) in [6.45, 7) is 2.81. The second-order valence-corrected chi connectivity index (χ2v) is 8.25. The molecule has 3 aromatic rings. The first-order chi connectivity index (χ1) is 16.2. The van der Waals surface area contributed by atoms with Crippen LogP contribution in [-0.2, 0) is 22.6 Å². The molecule has 3 heterocycles. The van der Waals surface area contributed by atoms with E-state index in [2.05, 4.69) is 10.1 Å². The fraction of sp³-hybridized carbons (Fsp3) is 0.360. The maximum absolute atomic E-state index is 13.1. The van der Waals surface area contributed by atoms with Gasteiger partial charge in [0.2, 0.25) is 18.6 Å². The Morgan fingerprint density at radius 3 is 2.64 bits per heavy atom. The summed E-state index contributed by atoms with van der Waals surface area (Å²) in [5.41, 5.74) is 3.58. The Morgan fingerprint density at radius 2 is 1.85 bits per heavy atom. The van der Waals surface area contributed by atoms with Crippen LogP contribution in [0.1, 0.15) is 24.0 Å². The SMILES string of the molecule is COCC(=O)N(Cc1ccc2c(c1)OCO2)Cc1c(-c2ccccc2)noc1N1CCCC1. The molecular formula is C25H27N3O5. The van der Waals surface area contributed by atoms with Crippen molar-refractivity contribution in [3.8, 4) is 22.8 Å². The van der Waals surface area contributed by atoms with Gasteiger partial charge in [0.1, 0.15) is 12.3 Å². The molecule has 1 saturated heterocycles. The Balaban J connectivity index is 1.48. The summed E-state index contributed by atoms with van der Waals surface area (Å²) in [5.74, 6) is 2.05. The predicted octanol–water partition coefficient (Wildman–Crippen LogP) is 3.85. The van der Waals surface area contributed by atoms with E-state index in [0.717, 1.165) is 59.9 Å². The highest BCUT2D eigenvalue weighted by Crippen LogP contribution is 2.36. The smallest absolute Gasteiger partial charge is 0.249 e. The zero-order chi connectivity index (χ0) is 22.6. The molecule has 1 fully saturated rings. The molecule has 0 unspecified atom stereocenters. The van der Waals surface area contributed by atoms with E-state index in [1.54, 1.807) is 4.90 Å². The number of hydrogen-bond acceptors (Lipinski definition) is 7. The summed E-state index contributed by atoms with van der Waals surface area (Å²) in [6, 6.07) is 15.7. The highest BCUT2D eigenvalue weighted by atomic mass is 16.7. The average molecular weight is 450 g/mol. The van der Waals surface area contributed by atoms with Crippen LogP contribution in [0.5, 0.6) is 11.5 Å². The first-order valence-corrected chi connectivity index (χ1v) is 11.2. The molecule has 0 atom stereocenters. The quantitative estimate of drug-likeness (QED) is 0.517. The van der Waals surface area contributed by atoms with E-state index in [0.29, 0.717) is 18.8 Å². The first-order valence-electron chi connectivity index (χ1n) is 11.2. The minimum Gasteiger partial charge on any atom is -0.454 e. The van der Waals surface area contributed by atoms with Crippen molar-refractivity contribution in [3.63, 3.8) is 0 Å². The minimum atomic E-state index is -0.109. The molecular weight excluding hydrogens is 422 g/mol. The van der Waals surface area contributed by atoms with Crippen molar-refractivity contribution in [2.45, 2.75) is 25.9 Å². The molecule has 5 rings (SSSR count). The normalized spacial score (nSPS) is 14.6. The number of benzene rings is 2. The molecule has 33 heavy (non-hydrogen) atoms. The second-order valence-electron chi connectivity index (χ2n) is 8.25. The van der Waals surface area contributed by atoms with Gasteiger partial charge in [0, 0.05) is 32.3 Å². The van der Waals surface area contributed by atoms with Gasteiger partial charge in [-0.1, -0.05) is 41.6 Å². The molecule has 172 valence electrons. The van der Waals surface area contributed by atoms with E-state index in [1.807, 2.05) is 48.5 Å². The summed E-state index contributed by atoms with van der Waals surface area (Å²) in [4.78, 5) is 17.1. The summed E-state index contributed by atoms with van der Waals surface area (Å²) in [6.07, 6.45) is 2.23. The Kier molecular flexibility index (Phi) is 6.17. The van der Waals surface area contributed by atoms with E-state index >= 15 is 0 Å². The molecule has 8 heteroatoms. The molecule has 2 aliphatic heterocycles. The molecule has 2 aliphatic rings. The van der Waals surface area contributed by atoms with Crippen molar-refractivity contribution in [3.05, 3.63) is 59.7 Å². The lowest BCUT2D eigenvalue weighted by molar-refractivity contribution is -0.136. The van der Waals surface area contributed by atoms with Crippen LogP contribution in [0.25, 0.3) is 11.3 Å². The number of hydrogen-bond donors (Lipinski definition) is 0. The molecule has 2 aromatic carbocycles. The third-order valence-electron chi connectivity index (χ3n) is 5.99. The van der Waals surface area contributed by atoms with Crippen LogP contribution in [0, 0.1) is 0 Å². The number of anilines is 1. The van der Waals surface area contributed by atoms with Crippen LogP contribution >= 0.6 is 0 Å². The number of amides is 1. The lowest BCUT2D eigenvalue weighted by Crippen LogP contribution is -2.33. The van der Waals surface area contributed by atoms with Gasteiger partial charge in [-0.25, -0.2) is 0 Å². The molecule has 0 saturated carbocycles. The highest BCUT2D eigenvalue weighted by molar-refractivity contribution is 5.78. The number of ether oxygens (including phenoxy) is 3. The van der Waals surface area contributed by atoms with Gasteiger partial charge < -0.3 is 28.5 Å². The van der Waals surface area contributed by atoms with Crippen molar-refractivity contribution in [2.24, 2.45) is 0 Å². The molecule has 0 radical (unpaired) electrons. The number of methoxy groups -OCH3 is 1. The van der Waals surface area contributed by atoms with Gasteiger partial charge in [-0.2, -0.15) is 0 Å². The van der Waals surface area contributed by atoms with Gasteiger partial charge in [0.15, 0.2) is 11.5 Å². The number of carbonyl (C=O) groups is 1. The zero-order valence-corrected chi connectivity index (χ0v) is 18.7. The van der Waals surface area contributed by atoms with Crippen molar-refractivity contribution in [2.75, 3.05) is 38.5 Å². The van der Waals surface area contributed by atoms with Gasteiger partial charge in [0.25, 0.3) is 0 Å². The predicted molar refractivity (Wildman–Crippen MR) is 122 cm³/mol. The van der Waals surface area contributed by atoms with E-state index in [-0.39, 0.29) is 19.3 Å². The lowest BCUT2D eigenvalue weighted by Gasteiger charge is -2.24. The van der Waals surface area contributed by atoms with Gasteiger partial charge in [0.05, 0.1) is 12.1 Å². The van der Waals surface area contributed by atoms with Crippen molar-refractivity contribution >= 4 is 11.8 Å². The van der Waals surface area contributed by atoms with Crippen LogP contribution in [-0.4, -0.2) is 49.6 Å². The van der Waals surface area contributed by atoms with Crippen LogP contribution < -0.4 is 14.4 Å². The molecule has 1 amide bonds. The molecule has 0 N–H and O–H groups in total. The van der Waals surface area contributed by atoms with Crippen molar-refractivity contribution < 1.29 is 23.5 Å². The van der Waals surface area contributed by atoms with Gasteiger partial charge in [-0.15, -0.1) is 0 Å². The topological polar surface area (TPSA) is 77.3 Å². The summed E-state index contributed by atoms with van der Waals surface area (Å²) in [5, 5.41) is 4.42. The largest absolute Gasteiger partial charge is 0.454 e. The molecule has 1 aromatic heterocycles. The van der Waals surface area contributed by atoms with Crippen molar-refractivity contribution in [1.82, 2.24) is 10.1 Å². The van der Waals surface area contributed by atoms with Crippen LogP contribution in [0.3, 0.4) is 0 Å². The Morgan fingerprint density at radius 1 is 1.06 bits per heavy atom. The Bertz CT molecular complexity index is 1110. The first kappa shape index (κ1) is 21.3. The summed E-state index contributed by atoms with van der Waals surface area (Å²) >= 11 is 0. The van der Waals surface area contributed by atoms with E-state index < -0.39 is 0 Å². The standard InChI is InChI=1S/C25H27N3O5/c1-30-16-23(29)28(14-18-9-10-21-22(13-18)32-17-31-21)15-20-24(19-7-3-2-4-8-19)26-33-25(20)27-11-5-6-12-27/h2-4,7-10,13H,5-6,11-12,14-17H2,1H3. The molecule has 0 spiro atoms. The number of aromatic nitrogens is 1. The van der Waals surface area contributed by atoms with Gasteiger partial charge in [-0.05, 0) is 30.5 Å². The maximum Gasteiger partial charge on any atom is 0.249 e. The minimum absolute atomic E-state index is 0.00441.